The van der Waals surface area contributed by atoms with E-state index >= 15 is 0 Å². The minimum Gasteiger partial charge on any atom is -0.368 e. The number of rotatable bonds is 8. The standard InChI is InChI=1S/C13H29N3O/c1-7-8-16(10(2)3)11(4)9-13(5,15-6)12(14)17/h10-11,15H,7-9H2,1-6H3,(H2,14,17). The molecule has 2 atom stereocenters. The molecule has 0 saturated carbocycles. The van der Waals surface area contributed by atoms with Crippen LogP contribution in [0.2, 0.25) is 0 Å². The largest absolute Gasteiger partial charge is 0.368 e. The molecule has 17 heavy (non-hydrogen) atoms. The van der Waals surface area contributed by atoms with E-state index < -0.39 is 5.54 Å². The first-order chi connectivity index (χ1) is 7.78. The summed E-state index contributed by atoms with van der Waals surface area (Å²) in [7, 11) is 1.79. The van der Waals surface area contributed by atoms with Crippen molar-refractivity contribution in [2.24, 2.45) is 5.73 Å². The number of carbonyl (C=O) groups excluding carboxylic acids is 1. The molecule has 0 aromatic rings. The highest BCUT2D eigenvalue weighted by Crippen LogP contribution is 2.18. The van der Waals surface area contributed by atoms with Gasteiger partial charge in [-0.1, -0.05) is 6.92 Å². The van der Waals surface area contributed by atoms with Gasteiger partial charge in [-0.2, -0.15) is 0 Å². The Kier molecular flexibility index (Phi) is 6.72. The van der Waals surface area contributed by atoms with Crippen molar-refractivity contribution in [3.63, 3.8) is 0 Å². The number of nitrogens with two attached hydrogens (primary N) is 1. The number of amides is 1. The molecule has 4 nitrogen and oxygen atoms in total. The van der Waals surface area contributed by atoms with Gasteiger partial charge in [-0.3, -0.25) is 9.69 Å². The van der Waals surface area contributed by atoms with Crippen LogP contribution in [0.15, 0.2) is 0 Å². The summed E-state index contributed by atoms with van der Waals surface area (Å²) in [6.07, 6.45) is 1.85. The van der Waals surface area contributed by atoms with Gasteiger partial charge >= 0.3 is 0 Å². The van der Waals surface area contributed by atoms with E-state index in [0.717, 1.165) is 19.4 Å². The first kappa shape index (κ1) is 16.4. The minimum absolute atomic E-state index is 0.285. The number of carbonyl (C=O) groups is 1. The summed E-state index contributed by atoms with van der Waals surface area (Å²) in [6.45, 7) is 11.6. The number of hydrogen-bond acceptors (Lipinski definition) is 3. The van der Waals surface area contributed by atoms with Crippen LogP contribution in [0.5, 0.6) is 0 Å². The molecule has 4 heteroatoms. The highest BCUT2D eigenvalue weighted by molar-refractivity contribution is 5.84. The lowest BCUT2D eigenvalue weighted by Crippen LogP contribution is -2.55. The van der Waals surface area contributed by atoms with E-state index in [1.54, 1.807) is 7.05 Å². The quantitative estimate of drug-likeness (QED) is 0.676. The van der Waals surface area contributed by atoms with Gasteiger partial charge in [-0.15, -0.1) is 0 Å². The fourth-order valence-electron chi connectivity index (χ4n) is 2.28. The molecule has 0 heterocycles. The lowest BCUT2D eigenvalue weighted by Gasteiger charge is -2.37. The maximum Gasteiger partial charge on any atom is 0.237 e. The first-order valence-electron chi connectivity index (χ1n) is 6.53. The van der Waals surface area contributed by atoms with Crippen molar-refractivity contribution >= 4 is 5.91 Å². The number of primary amides is 1. The average Bonchev–Trinajstić information content (AvgIpc) is 2.24. The molecular formula is C13H29N3O. The van der Waals surface area contributed by atoms with Crippen LogP contribution in [0.4, 0.5) is 0 Å². The molecule has 0 spiro atoms. The van der Waals surface area contributed by atoms with Crippen molar-refractivity contribution < 1.29 is 4.79 Å². The number of nitrogens with one attached hydrogen (secondary N) is 1. The molecule has 0 fully saturated rings. The van der Waals surface area contributed by atoms with Crippen LogP contribution in [0.25, 0.3) is 0 Å². The van der Waals surface area contributed by atoms with E-state index in [-0.39, 0.29) is 5.91 Å². The van der Waals surface area contributed by atoms with E-state index in [9.17, 15) is 4.79 Å². The molecule has 3 N–H and O–H groups in total. The van der Waals surface area contributed by atoms with E-state index in [0.29, 0.717) is 12.1 Å². The number of likely N-dealkylation sites (N-methyl/N-ethyl adjacent to an activating group) is 1. The van der Waals surface area contributed by atoms with Gasteiger partial charge in [0.2, 0.25) is 5.91 Å². The van der Waals surface area contributed by atoms with Crippen molar-refractivity contribution in [2.75, 3.05) is 13.6 Å². The summed E-state index contributed by atoms with van der Waals surface area (Å²) >= 11 is 0. The fourth-order valence-corrected chi connectivity index (χ4v) is 2.28. The molecule has 0 saturated heterocycles. The highest BCUT2D eigenvalue weighted by atomic mass is 16.1. The first-order valence-corrected chi connectivity index (χ1v) is 6.53. The average molecular weight is 243 g/mol. The zero-order valence-corrected chi connectivity index (χ0v) is 12.2. The van der Waals surface area contributed by atoms with Crippen LogP contribution < -0.4 is 11.1 Å². The Labute approximate surface area is 106 Å². The summed E-state index contributed by atoms with van der Waals surface area (Å²) in [5.41, 5.74) is 4.84. The van der Waals surface area contributed by atoms with Crippen molar-refractivity contribution in [3.05, 3.63) is 0 Å². The van der Waals surface area contributed by atoms with Crippen molar-refractivity contribution in [3.8, 4) is 0 Å². The van der Waals surface area contributed by atoms with E-state index in [1.807, 2.05) is 6.92 Å². The topological polar surface area (TPSA) is 58.4 Å². The minimum atomic E-state index is -0.625. The Hall–Kier alpha value is -0.610. The van der Waals surface area contributed by atoms with Gasteiger partial charge < -0.3 is 11.1 Å². The van der Waals surface area contributed by atoms with Crippen molar-refractivity contribution in [1.82, 2.24) is 10.2 Å². The second-order valence-corrected chi connectivity index (χ2v) is 5.33. The Bertz CT molecular complexity index is 243. The maximum absolute atomic E-state index is 11.5. The molecule has 2 unspecified atom stereocenters. The van der Waals surface area contributed by atoms with Gasteiger partial charge in [0.1, 0.15) is 0 Å². The summed E-state index contributed by atoms with van der Waals surface area (Å²) in [5, 5.41) is 3.04. The van der Waals surface area contributed by atoms with Gasteiger partial charge in [0.15, 0.2) is 0 Å². The number of nitrogens with zero attached hydrogens (tertiary/aromatic N) is 1. The zero-order chi connectivity index (χ0) is 13.6. The smallest absolute Gasteiger partial charge is 0.237 e. The van der Waals surface area contributed by atoms with E-state index in [4.69, 9.17) is 5.73 Å². The summed E-state index contributed by atoms with van der Waals surface area (Å²) in [4.78, 5) is 13.9. The Morgan fingerprint density at radius 3 is 2.24 bits per heavy atom. The van der Waals surface area contributed by atoms with Gasteiger partial charge in [0.25, 0.3) is 0 Å². The van der Waals surface area contributed by atoms with Gasteiger partial charge in [-0.05, 0) is 54.1 Å². The fraction of sp³-hybridized carbons (Fsp3) is 0.923. The Morgan fingerprint density at radius 1 is 1.41 bits per heavy atom. The molecule has 102 valence electrons. The normalized spacial score (nSPS) is 17.2. The van der Waals surface area contributed by atoms with Crippen LogP contribution in [-0.2, 0) is 4.79 Å². The molecule has 0 radical (unpaired) electrons. The molecule has 0 rings (SSSR count). The summed E-state index contributed by atoms with van der Waals surface area (Å²) in [6, 6.07) is 0.818. The third-order valence-corrected chi connectivity index (χ3v) is 3.51. The molecule has 0 bridgehead atoms. The predicted octanol–water partition coefficient (Wildman–Crippen LogP) is 1.35. The van der Waals surface area contributed by atoms with Crippen LogP contribution >= 0.6 is 0 Å². The SMILES string of the molecule is CCCN(C(C)C)C(C)CC(C)(NC)C(N)=O. The molecular weight excluding hydrogens is 214 g/mol. The molecule has 0 aliphatic heterocycles. The third-order valence-electron chi connectivity index (χ3n) is 3.51. The molecule has 0 aromatic carbocycles. The highest BCUT2D eigenvalue weighted by Gasteiger charge is 2.33. The van der Waals surface area contributed by atoms with Crippen LogP contribution in [-0.4, -0.2) is 42.0 Å². The summed E-state index contributed by atoms with van der Waals surface area (Å²) in [5.74, 6) is -0.285. The second-order valence-electron chi connectivity index (χ2n) is 5.33. The lowest BCUT2D eigenvalue weighted by molar-refractivity contribution is -0.124. The third kappa shape index (κ3) is 4.64. The maximum atomic E-state index is 11.5. The zero-order valence-electron chi connectivity index (χ0n) is 12.2. The van der Waals surface area contributed by atoms with Crippen molar-refractivity contribution in [1.29, 1.82) is 0 Å². The Morgan fingerprint density at radius 2 is 1.94 bits per heavy atom. The molecule has 0 aliphatic carbocycles. The number of hydrogen-bond donors (Lipinski definition) is 2. The van der Waals surface area contributed by atoms with Crippen LogP contribution in [0, 0.1) is 0 Å². The lowest BCUT2D eigenvalue weighted by atomic mass is 9.91. The molecule has 0 aliphatic rings. The van der Waals surface area contributed by atoms with E-state index in [1.165, 1.54) is 0 Å². The molecule has 0 aromatic heterocycles. The van der Waals surface area contributed by atoms with Crippen LogP contribution in [0.1, 0.15) is 47.5 Å². The monoisotopic (exact) mass is 243 g/mol. The second kappa shape index (κ2) is 6.97. The van der Waals surface area contributed by atoms with Crippen molar-refractivity contribution in [2.45, 2.75) is 65.1 Å². The van der Waals surface area contributed by atoms with Gasteiger partial charge in [-0.25, -0.2) is 0 Å². The van der Waals surface area contributed by atoms with E-state index in [2.05, 4.69) is 37.9 Å². The Balaban J connectivity index is 4.68. The van der Waals surface area contributed by atoms with Crippen LogP contribution in [0.3, 0.4) is 0 Å². The summed E-state index contributed by atoms with van der Waals surface area (Å²) < 4.78 is 0. The van der Waals surface area contributed by atoms with Gasteiger partial charge in [0, 0.05) is 12.1 Å². The predicted molar refractivity (Wildman–Crippen MR) is 72.9 cm³/mol. The van der Waals surface area contributed by atoms with Gasteiger partial charge in [0.05, 0.1) is 5.54 Å². The molecule has 1 amide bonds.